The zero-order valence-electron chi connectivity index (χ0n) is 15.6. The Morgan fingerprint density at radius 3 is 2.96 bits per heavy atom. The fourth-order valence-corrected chi connectivity index (χ4v) is 5.75. The molecule has 2 aliphatic carbocycles. The molecule has 1 amide bonds. The van der Waals surface area contributed by atoms with E-state index in [4.69, 9.17) is 0 Å². The number of carbonyl (C=O) groups excluding carboxylic acids is 1. The van der Waals surface area contributed by atoms with E-state index in [1.807, 2.05) is 22.9 Å². The third-order valence-corrected chi connectivity index (χ3v) is 7.54. The van der Waals surface area contributed by atoms with Crippen LogP contribution in [-0.2, 0) is 11.8 Å². The molecule has 0 spiro atoms. The number of thiophene rings is 1. The molecule has 2 aromatic rings. The molecule has 0 radical (unpaired) electrons. The summed E-state index contributed by atoms with van der Waals surface area (Å²) in [6.07, 6.45) is 4.63. The van der Waals surface area contributed by atoms with Gasteiger partial charge < -0.3 is 10.4 Å². The van der Waals surface area contributed by atoms with Gasteiger partial charge in [-0.3, -0.25) is 9.69 Å². The van der Waals surface area contributed by atoms with E-state index in [2.05, 4.69) is 23.2 Å². The van der Waals surface area contributed by atoms with E-state index in [1.165, 1.54) is 24.0 Å². The SMILES string of the molecule is CC12CCN(CC3CC3)[C@H](Cc3ccc(O)cc31)[C@H]2NC(=O)c1ccsc1. The predicted octanol–water partition coefficient (Wildman–Crippen LogP) is 3.55. The van der Waals surface area contributed by atoms with Gasteiger partial charge in [0.15, 0.2) is 0 Å². The zero-order valence-corrected chi connectivity index (χ0v) is 16.5. The maximum absolute atomic E-state index is 12.9. The molecule has 1 aromatic heterocycles. The van der Waals surface area contributed by atoms with E-state index < -0.39 is 0 Å². The van der Waals surface area contributed by atoms with Crippen LogP contribution in [0.1, 0.15) is 47.7 Å². The quantitative estimate of drug-likeness (QED) is 0.850. The number of likely N-dealkylation sites (tertiary alicyclic amines) is 1. The van der Waals surface area contributed by atoms with Crippen LogP contribution in [-0.4, -0.2) is 41.1 Å². The van der Waals surface area contributed by atoms with Crippen molar-refractivity contribution in [1.82, 2.24) is 10.2 Å². The van der Waals surface area contributed by atoms with Gasteiger partial charge in [-0.25, -0.2) is 0 Å². The summed E-state index contributed by atoms with van der Waals surface area (Å²) < 4.78 is 0. The van der Waals surface area contributed by atoms with Crippen LogP contribution < -0.4 is 5.32 Å². The lowest BCUT2D eigenvalue weighted by Crippen LogP contribution is -2.68. The van der Waals surface area contributed by atoms with Gasteiger partial charge in [0.05, 0.1) is 6.04 Å². The van der Waals surface area contributed by atoms with E-state index in [1.54, 1.807) is 17.4 Å². The molecule has 1 aromatic carbocycles. The highest BCUT2D eigenvalue weighted by Gasteiger charge is 2.52. The third kappa shape index (κ3) is 2.97. The number of nitrogens with zero attached hydrogens (tertiary/aromatic N) is 1. The molecule has 1 saturated carbocycles. The van der Waals surface area contributed by atoms with Crippen molar-refractivity contribution in [2.75, 3.05) is 13.1 Å². The van der Waals surface area contributed by atoms with Gasteiger partial charge in [0.2, 0.25) is 0 Å². The Labute approximate surface area is 164 Å². The Morgan fingerprint density at radius 2 is 2.22 bits per heavy atom. The van der Waals surface area contributed by atoms with Gasteiger partial charge in [-0.05, 0) is 72.9 Å². The van der Waals surface area contributed by atoms with E-state index in [0.29, 0.717) is 11.8 Å². The number of carbonyl (C=O) groups is 1. The number of hydrogen-bond acceptors (Lipinski definition) is 4. The Bertz CT molecular complexity index is 861. The summed E-state index contributed by atoms with van der Waals surface area (Å²) in [6, 6.07) is 8.07. The van der Waals surface area contributed by atoms with Gasteiger partial charge >= 0.3 is 0 Å². The average molecular weight is 383 g/mol. The van der Waals surface area contributed by atoms with Crippen molar-refractivity contribution < 1.29 is 9.90 Å². The van der Waals surface area contributed by atoms with E-state index in [0.717, 1.165) is 37.4 Å². The minimum Gasteiger partial charge on any atom is -0.508 e. The van der Waals surface area contributed by atoms with Crippen molar-refractivity contribution in [3.8, 4) is 5.75 Å². The maximum Gasteiger partial charge on any atom is 0.252 e. The Morgan fingerprint density at radius 1 is 1.37 bits per heavy atom. The molecule has 5 heteroatoms. The average Bonchev–Trinajstić information content (AvgIpc) is 3.29. The lowest BCUT2D eigenvalue weighted by molar-refractivity contribution is 0.0394. The monoisotopic (exact) mass is 382 g/mol. The summed E-state index contributed by atoms with van der Waals surface area (Å²) in [5.41, 5.74) is 3.13. The number of hydrogen-bond donors (Lipinski definition) is 2. The summed E-state index contributed by atoms with van der Waals surface area (Å²) in [5, 5.41) is 17.4. The number of rotatable bonds is 4. The van der Waals surface area contributed by atoms with E-state index >= 15 is 0 Å². The second-order valence-electron chi connectivity index (χ2n) is 8.68. The minimum atomic E-state index is -0.150. The first-order chi connectivity index (χ1) is 13.0. The first-order valence-electron chi connectivity index (χ1n) is 9.94. The number of nitrogens with one attached hydrogen (secondary N) is 1. The lowest BCUT2D eigenvalue weighted by atomic mass is 9.61. The molecule has 2 N–H and O–H groups in total. The number of piperidine rings is 1. The summed E-state index contributed by atoms with van der Waals surface area (Å²) in [6.45, 7) is 4.49. The molecular formula is C22H26N2O2S. The number of phenols is 1. The van der Waals surface area contributed by atoms with E-state index in [9.17, 15) is 9.90 Å². The van der Waals surface area contributed by atoms with E-state index in [-0.39, 0.29) is 17.4 Å². The fourth-order valence-electron chi connectivity index (χ4n) is 5.11. The standard InChI is InChI=1S/C22H26N2O2S/c1-22-7-8-24(12-14-2-3-14)19(10-15-4-5-17(25)11-18(15)22)20(22)23-21(26)16-6-9-27-13-16/h4-6,9,11,13-14,19-20,25H,2-3,7-8,10,12H2,1H3,(H,23,26)/t19-,20-,22?/m1/s1. The van der Waals surface area contributed by atoms with Crippen LogP contribution in [0.3, 0.4) is 0 Å². The van der Waals surface area contributed by atoms with Crippen molar-refractivity contribution in [3.05, 3.63) is 51.7 Å². The Hall–Kier alpha value is -1.85. The fraction of sp³-hybridized carbons (Fsp3) is 0.500. The summed E-state index contributed by atoms with van der Waals surface area (Å²) in [7, 11) is 0. The molecule has 4 nitrogen and oxygen atoms in total. The molecule has 27 heavy (non-hydrogen) atoms. The lowest BCUT2D eigenvalue weighted by Gasteiger charge is -2.55. The molecule has 2 bridgehead atoms. The van der Waals surface area contributed by atoms with Crippen LogP contribution in [0.5, 0.6) is 5.75 Å². The number of aromatic hydroxyl groups is 1. The molecule has 2 fully saturated rings. The predicted molar refractivity (Wildman–Crippen MR) is 107 cm³/mol. The second kappa shape index (κ2) is 6.35. The van der Waals surface area contributed by atoms with Crippen molar-refractivity contribution in [2.24, 2.45) is 5.92 Å². The van der Waals surface area contributed by atoms with Crippen LogP contribution in [0.25, 0.3) is 0 Å². The van der Waals surface area contributed by atoms with Crippen molar-refractivity contribution in [1.29, 1.82) is 0 Å². The number of benzene rings is 1. The summed E-state index contributed by atoms with van der Waals surface area (Å²) in [5.74, 6) is 1.18. The Balaban J connectivity index is 1.52. The molecule has 1 saturated heterocycles. The van der Waals surface area contributed by atoms with Gasteiger partial charge in [-0.2, -0.15) is 11.3 Å². The zero-order chi connectivity index (χ0) is 18.6. The van der Waals surface area contributed by atoms with Crippen molar-refractivity contribution >= 4 is 17.2 Å². The van der Waals surface area contributed by atoms with Crippen LogP contribution in [0.4, 0.5) is 0 Å². The first-order valence-corrected chi connectivity index (χ1v) is 10.9. The molecule has 142 valence electrons. The highest BCUT2D eigenvalue weighted by Crippen LogP contribution is 2.47. The second-order valence-corrected chi connectivity index (χ2v) is 9.46. The van der Waals surface area contributed by atoms with Gasteiger partial charge in [-0.1, -0.05) is 13.0 Å². The first kappa shape index (κ1) is 17.3. The molecular weight excluding hydrogens is 356 g/mol. The Kier molecular flexibility index (Phi) is 4.06. The topological polar surface area (TPSA) is 52.6 Å². The number of phenolic OH excluding ortho intramolecular Hbond substituents is 1. The van der Waals surface area contributed by atoms with Gasteiger partial charge in [-0.15, -0.1) is 0 Å². The molecule has 1 aliphatic heterocycles. The molecule has 5 rings (SSSR count). The van der Waals surface area contributed by atoms with Crippen LogP contribution in [0.15, 0.2) is 35.0 Å². The molecule has 3 aliphatic rings. The maximum atomic E-state index is 12.9. The minimum absolute atomic E-state index is 0.0225. The number of amides is 1. The summed E-state index contributed by atoms with van der Waals surface area (Å²) in [4.78, 5) is 15.5. The smallest absolute Gasteiger partial charge is 0.252 e. The van der Waals surface area contributed by atoms with Gasteiger partial charge in [0, 0.05) is 28.9 Å². The van der Waals surface area contributed by atoms with Crippen molar-refractivity contribution in [3.63, 3.8) is 0 Å². The highest BCUT2D eigenvalue weighted by molar-refractivity contribution is 7.08. The molecule has 3 atom stereocenters. The highest BCUT2D eigenvalue weighted by atomic mass is 32.1. The van der Waals surface area contributed by atoms with Crippen molar-refractivity contribution in [2.45, 2.75) is 50.1 Å². The van der Waals surface area contributed by atoms with Crippen LogP contribution in [0.2, 0.25) is 0 Å². The molecule has 2 heterocycles. The normalized spacial score (nSPS) is 30.0. The van der Waals surface area contributed by atoms with Gasteiger partial charge in [0.25, 0.3) is 5.91 Å². The largest absolute Gasteiger partial charge is 0.508 e. The number of fused-ring (bicyclic) bond motifs is 4. The third-order valence-electron chi connectivity index (χ3n) is 6.86. The summed E-state index contributed by atoms with van der Waals surface area (Å²) >= 11 is 1.55. The van der Waals surface area contributed by atoms with Crippen LogP contribution in [0, 0.1) is 5.92 Å². The van der Waals surface area contributed by atoms with Gasteiger partial charge in [0.1, 0.15) is 5.75 Å². The van der Waals surface area contributed by atoms with Crippen LogP contribution >= 0.6 is 11.3 Å². The molecule has 1 unspecified atom stereocenters.